The predicted molar refractivity (Wildman–Crippen MR) is 162 cm³/mol. The first-order valence-corrected chi connectivity index (χ1v) is 15.7. The van der Waals surface area contributed by atoms with Gasteiger partial charge in [0, 0.05) is 23.5 Å². The number of amides is 2. The Morgan fingerprint density at radius 3 is 2.10 bits per heavy atom. The fourth-order valence-electron chi connectivity index (χ4n) is 4.21. The summed E-state index contributed by atoms with van der Waals surface area (Å²) in [5, 5.41) is 2.94. The average molecular weight is 631 g/mol. The summed E-state index contributed by atoms with van der Waals surface area (Å²) in [7, 11) is -3.84. The van der Waals surface area contributed by atoms with Gasteiger partial charge in [-0.2, -0.15) is 0 Å². The van der Waals surface area contributed by atoms with Gasteiger partial charge in [0.25, 0.3) is 0 Å². The van der Waals surface area contributed by atoms with Crippen LogP contribution in [-0.4, -0.2) is 56.6 Å². The van der Waals surface area contributed by atoms with E-state index >= 15 is 0 Å². The van der Waals surface area contributed by atoms with Gasteiger partial charge in [-0.3, -0.25) is 13.9 Å². The van der Waals surface area contributed by atoms with Crippen molar-refractivity contribution in [3.63, 3.8) is 0 Å². The van der Waals surface area contributed by atoms with Gasteiger partial charge in [0.2, 0.25) is 21.8 Å². The zero-order valence-electron chi connectivity index (χ0n) is 23.2. The molecule has 0 aliphatic rings. The number of carbonyl (C=O) groups is 2. The maximum atomic E-state index is 14.0. The Morgan fingerprint density at radius 1 is 0.925 bits per heavy atom. The molecule has 0 saturated heterocycles. The van der Waals surface area contributed by atoms with Crippen molar-refractivity contribution in [2.24, 2.45) is 0 Å². The number of nitrogens with zero attached hydrogens (tertiary/aromatic N) is 2. The molecule has 0 saturated carbocycles. The monoisotopic (exact) mass is 629 g/mol. The van der Waals surface area contributed by atoms with E-state index in [9.17, 15) is 18.0 Å². The molecule has 0 radical (unpaired) electrons. The predicted octanol–water partition coefficient (Wildman–Crippen LogP) is 4.78. The van der Waals surface area contributed by atoms with E-state index in [1.165, 1.54) is 4.90 Å². The molecule has 3 aromatic rings. The van der Waals surface area contributed by atoms with Crippen LogP contribution in [0.2, 0.25) is 0 Å². The van der Waals surface area contributed by atoms with E-state index in [-0.39, 0.29) is 24.9 Å². The normalized spacial score (nSPS) is 12.1. The fraction of sp³-hybridized carbons (Fsp3) is 0.333. The summed E-state index contributed by atoms with van der Waals surface area (Å²) in [5.74, 6) is -0.213. The Bertz CT molecular complexity index is 1360. The van der Waals surface area contributed by atoms with Crippen LogP contribution >= 0.6 is 15.9 Å². The van der Waals surface area contributed by atoms with Crippen molar-refractivity contribution in [3.05, 3.63) is 94.5 Å². The first-order valence-electron chi connectivity index (χ1n) is 13.1. The van der Waals surface area contributed by atoms with Crippen LogP contribution in [0.4, 0.5) is 5.69 Å². The summed E-state index contributed by atoms with van der Waals surface area (Å²) in [6.07, 6.45) is 1.33. The molecule has 2 amide bonds. The summed E-state index contributed by atoms with van der Waals surface area (Å²) in [4.78, 5) is 29.1. The molecular weight excluding hydrogens is 594 g/mol. The number of hydrogen-bond donors (Lipinski definition) is 1. The fourth-order valence-corrected chi connectivity index (χ4v) is 5.32. The Kier molecular flexibility index (Phi) is 11.2. The standard InChI is InChI=1S/C30H36BrN3O5S/c1-5-39-27-17-15-26(16-18-27)34(40(4,37)38)21-29(35)33(20-24-11-13-25(31)14-12-24)28(30(36)32-22(2)3)19-23-9-7-6-8-10-23/h6-18,22,28H,5,19-21H2,1-4H3,(H,32,36)/t28-/m0/s1. The lowest BCUT2D eigenvalue weighted by Gasteiger charge is -2.34. The molecule has 0 fully saturated rings. The van der Waals surface area contributed by atoms with Gasteiger partial charge in [-0.1, -0.05) is 58.4 Å². The van der Waals surface area contributed by atoms with Crippen LogP contribution in [0, 0.1) is 0 Å². The van der Waals surface area contributed by atoms with E-state index in [0.717, 1.165) is 26.2 Å². The zero-order chi connectivity index (χ0) is 29.3. The third-order valence-electron chi connectivity index (χ3n) is 6.08. The lowest BCUT2D eigenvalue weighted by Crippen LogP contribution is -2.54. The van der Waals surface area contributed by atoms with Crippen molar-refractivity contribution in [2.45, 2.75) is 45.8 Å². The molecular formula is C30H36BrN3O5S. The molecule has 1 atom stereocenters. The van der Waals surface area contributed by atoms with Crippen LogP contribution in [0.25, 0.3) is 0 Å². The van der Waals surface area contributed by atoms with E-state index in [1.807, 2.05) is 75.4 Å². The second-order valence-corrected chi connectivity index (χ2v) is 12.5. The highest BCUT2D eigenvalue weighted by atomic mass is 79.9. The second-order valence-electron chi connectivity index (χ2n) is 9.71. The smallest absolute Gasteiger partial charge is 0.244 e. The third-order valence-corrected chi connectivity index (χ3v) is 7.75. The molecule has 0 unspecified atom stereocenters. The van der Waals surface area contributed by atoms with Crippen LogP contribution in [0.15, 0.2) is 83.3 Å². The first kappa shape index (κ1) is 31.2. The first-order chi connectivity index (χ1) is 19.0. The van der Waals surface area contributed by atoms with Crippen molar-refractivity contribution < 1.29 is 22.7 Å². The Morgan fingerprint density at radius 2 is 1.55 bits per heavy atom. The minimum atomic E-state index is -3.84. The zero-order valence-corrected chi connectivity index (χ0v) is 25.6. The number of anilines is 1. The summed E-state index contributed by atoms with van der Waals surface area (Å²) in [6, 6.07) is 22.4. The Labute approximate surface area is 245 Å². The molecule has 40 heavy (non-hydrogen) atoms. The van der Waals surface area contributed by atoms with Crippen LogP contribution in [0.3, 0.4) is 0 Å². The van der Waals surface area contributed by atoms with Gasteiger partial charge >= 0.3 is 0 Å². The molecule has 0 aromatic heterocycles. The van der Waals surface area contributed by atoms with Crippen LogP contribution in [0.1, 0.15) is 31.9 Å². The SMILES string of the molecule is CCOc1ccc(N(CC(=O)N(Cc2ccc(Br)cc2)[C@@H](Cc2ccccc2)C(=O)NC(C)C)S(C)(=O)=O)cc1. The van der Waals surface area contributed by atoms with Gasteiger partial charge in [0.1, 0.15) is 18.3 Å². The summed E-state index contributed by atoms with van der Waals surface area (Å²) in [5.41, 5.74) is 2.01. The molecule has 8 nitrogen and oxygen atoms in total. The highest BCUT2D eigenvalue weighted by Crippen LogP contribution is 2.23. The van der Waals surface area contributed by atoms with Crippen LogP contribution < -0.4 is 14.4 Å². The number of carbonyl (C=O) groups excluding carboxylic acids is 2. The molecule has 0 spiro atoms. The van der Waals surface area contributed by atoms with E-state index in [1.54, 1.807) is 24.3 Å². The van der Waals surface area contributed by atoms with Crippen molar-refractivity contribution in [1.29, 1.82) is 0 Å². The Balaban J connectivity index is 2.02. The highest BCUT2D eigenvalue weighted by Gasteiger charge is 2.33. The summed E-state index contributed by atoms with van der Waals surface area (Å²) < 4.78 is 33.2. The maximum absolute atomic E-state index is 14.0. The number of sulfonamides is 1. The van der Waals surface area contributed by atoms with Crippen molar-refractivity contribution in [3.8, 4) is 5.75 Å². The molecule has 0 aliphatic carbocycles. The number of ether oxygens (including phenoxy) is 1. The van der Waals surface area contributed by atoms with E-state index in [0.29, 0.717) is 18.0 Å². The summed E-state index contributed by atoms with van der Waals surface area (Å²) in [6.45, 7) is 5.70. The van der Waals surface area contributed by atoms with E-state index in [4.69, 9.17) is 4.74 Å². The number of hydrogen-bond acceptors (Lipinski definition) is 5. The van der Waals surface area contributed by atoms with Gasteiger partial charge < -0.3 is 15.0 Å². The average Bonchev–Trinajstić information content (AvgIpc) is 2.90. The topological polar surface area (TPSA) is 96.0 Å². The number of halogens is 1. The molecule has 0 heterocycles. The van der Waals surface area contributed by atoms with Crippen LogP contribution in [0.5, 0.6) is 5.75 Å². The molecule has 1 N–H and O–H groups in total. The highest BCUT2D eigenvalue weighted by molar-refractivity contribution is 9.10. The second kappa shape index (κ2) is 14.3. The molecule has 10 heteroatoms. The van der Waals surface area contributed by atoms with Crippen LogP contribution in [-0.2, 0) is 32.6 Å². The van der Waals surface area contributed by atoms with Gasteiger partial charge in [-0.05, 0) is 68.3 Å². The van der Waals surface area contributed by atoms with Gasteiger partial charge in [0.05, 0.1) is 18.6 Å². The maximum Gasteiger partial charge on any atom is 0.244 e. The Hall–Kier alpha value is -3.37. The molecule has 214 valence electrons. The molecule has 3 rings (SSSR count). The van der Waals surface area contributed by atoms with Gasteiger partial charge in [-0.15, -0.1) is 0 Å². The van der Waals surface area contributed by atoms with Crippen molar-refractivity contribution >= 4 is 43.5 Å². The molecule has 0 aliphatic heterocycles. The quantitative estimate of drug-likeness (QED) is 0.294. The minimum Gasteiger partial charge on any atom is -0.494 e. The lowest BCUT2D eigenvalue weighted by atomic mass is 10.0. The number of benzene rings is 3. The largest absolute Gasteiger partial charge is 0.494 e. The van der Waals surface area contributed by atoms with E-state index < -0.39 is 28.5 Å². The third kappa shape index (κ3) is 9.09. The molecule has 0 bridgehead atoms. The van der Waals surface area contributed by atoms with Gasteiger partial charge in [0.15, 0.2) is 0 Å². The number of nitrogens with one attached hydrogen (secondary N) is 1. The van der Waals surface area contributed by atoms with E-state index in [2.05, 4.69) is 21.2 Å². The van der Waals surface area contributed by atoms with Crippen molar-refractivity contribution in [1.82, 2.24) is 10.2 Å². The van der Waals surface area contributed by atoms with Gasteiger partial charge in [-0.25, -0.2) is 8.42 Å². The lowest BCUT2D eigenvalue weighted by molar-refractivity contribution is -0.140. The van der Waals surface area contributed by atoms with Crippen molar-refractivity contribution in [2.75, 3.05) is 23.7 Å². The summed E-state index contributed by atoms with van der Waals surface area (Å²) >= 11 is 3.43. The minimum absolute atomic E-state index is 0.121. The molecule has 3 aromatic carbocycles. The number of rotatable bonds is 13.